The van der Waals surface area contributed by atoms with Crippen LogP contribution in [-0.2, 0) is 4.74 Å². The zero-order chi connectivity index (χ0) is 10.2. The van der Waals surface area contributed by atoms with Crippen molar-refractivity contribution in [2.45, 2.75) is 52.0 Å². The lowest BCUT2D eigenvalue weighted by atomic mass is 10.1. The van der Waals surface area contributed by atoms with Crippen LogP contribution in [0.2, 0.25) is 0 Å². The highest BCUT2D eigenvalue weighted by Gasteiger charge is 2.24. The number of hydrogen-bond acceptors (Lipinski definition) is 2. The van der Waals surface area contributed by atoms with Crippen molar-refractivity contribution in [1.29, 1.82) is 0 Å². The van der Waals surface area contributed by atoms with Crippen LogP contribution in [-0.4, -0.2) is 25.8 Å². The van der Waals surface area contributed by atoms with Crippen LogP contribution >= 0.6 is 0 Å². The van der Waals surface area contributed by atoms with Gasteiger partial charge in [0.25, 0.3) is 0 Å². The summed E-state index contributed by atoms with van der Waals surface area (Å²) in [4.78, 5) is 0. The smallest absolute Gasteiger partial charge is 0.0590 e. The fraction of sp³-hybridized carbons (Fsp3) is 1.00. The Balaban J connectivity index is 1.90. The molecule has 1 atom stereocenters. The third-order valence-corrected chi connectivity index (χ3v) is 2.84. The van der Waals surface area contributed by atoms with Crippen LogP contribution in [0.4, 0.5) is 0 Å². The summed E-state index contributed by atoms with van der Waals surface area (Å²) in [5.41, 5.74) is 0. The molecule has 0 heterocycles. The lowest BCUT2D eigenvalue weighted by molar-refractivity contribution is 0.133. The minimum atomic E-state index is 0.729. The van der Waals surface area contributed by atoms with Gasteiger partial charge in [-0.1, -0.05) is 26.7 Å². The summed E-state index contributed by atoms with van der Waals surface area (Å²) >= 11 is 0. The van der Waals surface area contributed by atoms with E-state index in [2.05, 4.69) is 19.2 Å². The summed E-state index contributed by atoms with van der Waals surface area (Å²) in [5.74, 6) is 1.03. The molecule has 0 saturated heterocycles. The first kappa shape index (κ1) is 12.0. The van der Waals surface area contributed by atoms with Gasteiger partial charge in [0.05, 0.1) is 6.61 Å². The van der Waals surface area contributed by atoms with Crippen molar-refractivity contribution in [2.24, 2.45) is 5.92 Å². The van der Waals surface area contributed by atoms with Gasteiger partial charge >= 0.3 is 0 Å². The van der Waals surface area contributed by atoms with Gasteiger partial charge in [0.2, 0.25) is 0 Å². The zero-order valence-corrected chi connectivity index (χ0v) is 9.72. The Labute approximate surface area is 88.4 Å². The molecule has 84 valence electrons. The molecule has 0 aromatic heterocycles. The van der Waals surface area contributed by atoms with Crippen LogP contribution in [0.1, 0.15) is 46.0 Å². The Morgan fingerprint density at radius 3 is 2.64 bits per heavy atom. The Hall–Kier alpha value is -0.0800. The second-order valence-electron chi connectivity index (χ2n) is 4.35. The van der Waals surface area contributed by atoms with Crippen molar-refractivity contribution in [2.75, 3.05) is 19.8 Å². The summed E-state index contributed by atoms with van der Waals surface area (Å²) in [6.45, 7) is 7.21. The molecule has 0 aromatic carbocycles. The molecule has 1 unspecified atom stereocenters. The minimum Gasteiger partial charge on any atom is -0.380 e. The second-order valence-corrected chi connectivity index (χ2v) is 4.35. The van der Waals surface area contributed by atoms with E-state index in [0.29, 0.717) is 0 Å². The highest BCUT2D eigenvalue weighted by atomic mass is 16.5. The Bertz CT molecular complexity index is 134. The molecule has 0 spiro atoms. The van der Waals surface area contributed by atoms with Crippen LogP contribution in [0.3, 0.4) is 0 Å². The standard InChI is InChI=1S/C12H25NO/c1-3-8-14-9-7-13-12(4-2)10-11-5-6-11/h11-13H,3-10H2,1-2H3. The topological polar surface area (TPSA) is 21.3 Å². The summed E-state index contributed by atoms with van der Waals surface area (Å²) < 4.78 is 5.44. The highest BCUT2D eigenvalue weighted by Crippen LogP contribution is 2.33. The first-order chi connectivity index (χ1) is 6.86. The Morgan fingerprint density at radius 1 is 1.29 bits per heavy atom. The van der Waals surface area contributed by atoms with Crippen molar-refractivity contribution in [3.63, 3.8) is 0 Å². The van der Waals surface area contributed by atoms with E-state index in [1.807, 2.05) is 0 Å². The van der Waals surface area contributed by atoms with E-state index in [4.69, 9.17) is 4.74 Å². The van der Waals surface area contributed by atoms with Gasteiger partial charge in [0, 0.05) is 19.2 Å². The van der Waals surface area contributed by atoms with Crippen LogP contribution < -0.4 is 5.32 Å². The third-order valence-electron chi connectivity index (χ3n) is 2.84. The molecule has 1 saturated carbocycles. The second kappa shape index (κ2) is 7.24. The molecule has 0 bridgehead atoms. The fourth-order valence-electron chi connectivity index (χ4n) is 1.73. The van der Waals surface area contributed by atoms with Gasteiger partial charge in [0.1, 0.15) is 0 Å². The van der Waals surface area contributed by atoms with E-state index >= 15 is 0 Å². The van der Waals surface area contributed by atoms with E-state index in [0.717, 1.165) is 38.1 Å². The quantitative estimate of drug-likeness (QED) is 0.576. The molecule has 1 aliphatic carbocycles. The van der Waals surface area contributed by atoms with Gasteiger partial charge < -0.3 is 10.1 Å². The molecular weight excluding hydrogens is 174 g/mol. The molecule has 0 aromatic rings. The number of nitrogens with one attached hydrogen (secondary N) is 1. The monoisotopic (exact) mass is 199 g/mol. The van der Waals surface area contributed by atoms with Gasteiger partial charge in [0.15, 0.2) is 0 Å². The molecule has 14 heavy (non-hydrogen) atoms. The first-order valence-electron chi connectivity index (χ1n) is 6.18. The largest absolute Gasteiger partial charge is 0.380 e. The highest BCUT2D eigenvalue weighted by molar-refractivity contribution is 4.79. The van der Waals surface area contributed by atoms with Crippen LogP contribution in [0.25, 0.3) is 0 Å². The normalized spacial score (nSPS) is 18.4. The summed E-state index contributed by atoms with van der Waals surface area (Å²) in [5, 5.41) is 3.57. The van der Waals surface area contributed by atoms with Gasteiger partial charge in [-0.3, -0.25) is 0 Å². The average Bonchev–Trinajstić information content (AvgIpc) is 2.99. The maximum atomic E-state index is 5.44. The van der Waals surface area contributed by atoms with Crippen LogP contribution in [0.5, 0.6) is 0 Å². The number of ether oxygens (including phenoxy) is 1. The lowest BCUT2D eigenvalue weighted by Crippen LogP contribution is -2.31. The molecule has 0 amide bonds. The molecule has 2 heteroatoms. The Kier molecular flexibility index (Phi) is 6.20. The molecule has 1 rings (SSSR count). The average molecular weight is 199 g/mol. The number of rotatable bonds is 9. The molecule has 1 N–H and O–H groups in total. The lowest BCUT2D eigenvalue weighted by Gasteiger charge is -2.16. The number of hydrogen-bond donors (Lipinski definition) is 1. The van der Waals surface area contributed by atoms with Gasteiger partial charge in [-0.2, -0.15) is 0 Å². The molecular formula is C12H25NO. The van der Waals surface area contributed by atoms with Crippen LogP contribution in [0.15, 0.2) is 0 Å². The summed E-state index contributed by atoms with van der Waals surface area (Å²) in [6.07, 6.45) is 6.68. The van der Waals surface area contributed by atoms with E-state index < -0.39 is 0 Å². The maximum absolute atomic E-state index is 5.44. The fourth-order valence-corrected chi connectivity index (χ4v) is 1.73. The van der Waals surface area contributed by atoms with Gasteiger partial charge in [-0.05, 0) is 25.2 Å². The van der Waals surface area contributed by atoms with E-state index in [1.165, 1.54) is 25.7 Å². The molecule has 0 aliphatic heterocycles. The predicted octanol–water partition coefficient (Wildman–Crippen LogP) is 2.58. The third kappa shape index (κ3) is 5.61. The molecule has 1 aliphatic rings. The van der Waals surface area contributed by atoms with E-state index in [-0.39, 0.29) is 0 Å². The molecule has 0 radical (unpaired) electrons. The Morgan fingerprint density at radius 2 is 2.07 bits per heavy atom. The van der Waals surface area contributed by atoms with E-state index in [9.17, 15) is 0 Å². The SMILES string of the molecule is CCCOCCNC(CC)CC1CC1. The van der Waals surface area contributed by atoms with Gasteiger partial charge in [-0.25, -0.2) is 0 Å². The molecule has 2 nitrogen and oxygen atoms in total. The van der Waals surface area contributed by atoms with Crippen molar-refractivity contribution in [1.82, 2.24) is 5.32 Å². The van der Waals surface area contributed by atoms with E-state index in [1.54, 1.807) is 0 Å². The maximum Gasteiger partial charge on any atom is 0.0590 e. The first-order valence-corrected chi connectivity index (χ1v) is 6.18. The summed E-state index contributed by atoms with van der Waals surface area (Å²) in [6, 6.07) is 0.729. The van der Waals surface area contributed by atoms with Crippen LogP contribution in [0, 0.1) is 5.92 Å². The zero-order valence-electron chi connectivity index (χ0n) is 9.72. The van der Waals surface area contributed by atoms with Crippen molar-refractivity contribution < 1.29 is 4.74 Å². The summed E-state index contributed by atoms with van der Waals surface area (Å²) in [7, 11) is 0. The van der Waals surface area contributed by atoms with Crippen molar-refractivity contribution >= 4 is 0 Å². The van der Waals surface area contributed by atoms with Gasteiger partial charge in [-0.15, -0.1) is 0 Å². The minimum absolute atomic E-state index is 0.729. The predicted molar refractivity (Wildman–Crippen MR) is 60.5 cm³/mol. The molecule has 1 fully saturated rings. The van der Waals surface area contributed by atoms with Crippen molar-refractivity contribution in [3.05, 3.63) is 0 Å². The van der Waals surface area contributed by atoms with Crippen molar-refractivity contribution in [3.8, 4) is 0 Å².